The van der Waals surface area contributed by atoms with Crippen LogP contribution < -0.4 is 35.6 Å². The molecular weight excluding hydrogens is 1490 g/mol. The lowest BCUT2D eigenvalue weighted by Crippen LogP contribution is -2.20. The highest BCUT2D eigenvalue weighted by atomic mass is 79.9. The Kier molecular flexibility index (Phi) is 21.8. The summed E-state index contributed by atoms with van der Waals surface area (Å²) in [7, 11) is 4.43. The second-order valence-electron chi connectivity index (χ2n) is 16.9. The number of fused-ring (bicyclic) bond motifs is 3. The molecule has 430 valence electrons. The molecule has 0 saturated carbocycles. The number of pyridine rings is 3. The maximum absolute atomic E-state index is 13.5. The quantitative estimate of drug-likeness (QED) is 0.0540. The lowest BCUT2D eigenvalue weighted by molar-refractivity contribution is -0.137. The smallest absolute Gasteiger partial charge is 0.416 e. The summed E-state index contributed by atoms with van der Waals surface area (Å²) in [6.45, 7) is 0. The minimum Gasteiger partial charge on any atom is -0.508 e. The first-order valence-electron chi connectivity index (χ1n) is 23.2. The zero-order chi connectivity index (χ0) is 59.9. The van der Waals surface area contributed by atoms with Gasteiger partial charge in [0.05, 0.1) is 48.6 Å². The number of alkyl halides is 3. The first-order chi connectivity index (χ1) is 38.8. The third-order valence-corrected chi connectivity index (χ3v) is 13.7. The molecule has 17 nitrogen and oxygen atoms in total. The van der Waals surface area contributed by atoms with Crippen molar-refractivity contribution < 1.29 is 67.9 Å². The minimum atomic E-state index is -4.54. The van der Waals surface area contributed by atoms with Crippen LogP contribution in [-0.4, -0.2) is 75.2 Å². The van der Waals surface area contributed by atoms with Gasteiger partial charge in [-0.25, -0.2) is 4.79 Å². The maximum Gasteiger partial charge on any atom is 0.416 e. The van der Waals surface area contributed by atoms with E-state index >= 15 is 0 Å². The van der Waals surface area contributed by atoms with Gasteiger partial charge >= 0.3 is 15.3 Å². The van der Waals surface area contributed by atoms with Crippen LogP contribution in [0, 0.1) is 0 Å². The molecule has 27 heteroatoms. The Labute approximate surface area is 518 Å². The number of aromatic hydroxyl groups is 5. The number of nitrogens with zero attached hydrogens (tertiary/aromatic N) is 3. The number of phenols is 5. The number of hydrogen-bond donors (Lipinski definition) is 5. The molecule has 7 N–H and O–H groups in total. The zero-order valence-electron chi connectivity index (χ0n) is 42.8. The summed E-state index contributed by atoms with van der Waals surface area (Å²) in [5.74, 6) is 0.0182. The second-order valence-corrected chi connectivity index (χ2v) is 25.9. The summed E-state index contributed by atoms with van der Waals surface area (Å²) >= 11 is 19.5. The molecule has 0 radical (unpaired) electrons. The SMILES string of the molecule is BrB(Br)Br.COc1cc(O)c2c(=O)n(-c3ccc(O)cc3)cc(Br)c2c1.COc1ccc(-n2cc(Br)c3cc(OC)cc(OC(=O)c4ccc(C(F)(F)F)cc4)c3c2=O)cc1.O.O=c1c2c(O)cc(O)cc2c(Br)cn1-c1ccc(O)cc1. The fourth-order valence-corrected chi connectivity index (χ4v) is 9.49. The molecule has 7 aromatic carbocycles. The molecule has 0 amide bonds. The van der Waals surface area contributed by atoms with Gasteiger partial charge in [0.15, 0.2) is 0 Å². The lowest BCUT2D eigenvalue weighted by Gasteiger charge is -2.14. The van der Waals surface area contributed by atoms with E-state index in [1.54, 1.807) is 79.3 Å². The number of hydrogen-bond acceptors (Lipinski definition) is 13. The van der Waals surface area contributed by atoms with Gasteiger partial charge in [-0.2, -0.15) is 13.2 Å². The summed E-state index contributed by atoms with van der Waals surface area (Å²) in [6.07, 6.45) is 0.212. The van der Waals surface area contributed by atoms with Crippen LogP contribution in [-0.2, 0) is 6.18 Å². The zero-order valence-corrected chi connectivity index (χ0v) is 52.3. The van der Waals surface area contributed by atoms with E-state index in [0.717, 1.165) is 30.3 Å². The fourth-order valence-electron chi connectivity index (χ4n) is 7.94. The molecule has 0 fully saturated rings. The summed E-state index contributed by atoms with van der Waals surface area (Å²) < 4.78 is 65.7. The van der Waals surface area contributed by atoms with E-state index in [4.69, 9.17) is 18.9 Å². The average Bonchev–Trinajstić information content (AvgIpc) is 2.44. The van der Waals surface area contributed by atoms with Crippen molar-refractivity contribution in [2.75, 3.05) is 21.3 Å². The summed E-state index contributed by atoms with van der Waals surface area (Å²) in [5, 5.41) is 50.1. The van der Waals surface area contributed by atoms with Gasteiger partial charge in [-0.05, 0) is 163 Å². The molecular formula is C56H41BBr6F3N3O14. The number of aromatic nitrogens is 3. The van der Waals surface area contributed by atoms with Crippen LogP contribution in [0.4, 0.5) is 13.2 Å². The molecule has 3 heterocycles. The first-order valence-corrected chi connectivity index (χ1v) is 28.3. The van der Waals surface area contributed by atoms with Crippen molar-refractivity contribution in [3.05, 3.63) is 208 Å². The number of ether oxygens (including phenoxy) is 4. The molecule has 0 spiro atoms. The molecule has 10 aromatic rings. The number of carbonyl (C=O) groups excluding carboxylic acids is 1. The van der Waals surface area contributed by atoms with Crippen LogP contribution in [0.3, 0.4) is 0 Å². The summed E-state index contributed by atoms with van der Waals surface area (Å²) in [5.41, 5.74) is -0.596. The van der Waals surface area contributed by atoms with Crippen LogP contribution in [0.25, 0.3) is 49.4 Å². The van der Waals surface area contributed by atoms with Crippen molar-refractivity contribution in [3.63, 3.8) is 0 Å². The third kappa shape index (κ3) is 15.3. The Bertz CT molecular complexity index is 4190. The van der Waals surface area contributed by atoms with Crippen molar-refractivity contribution in [1.82, 2.24) is 13.7 Å². The second kappa shape index (κ2) is 27.9. The molecule has 0 bridgehead atoms. The molecule has 83 heavy (non-hydrogen) atoms. The summed E-state index contributed by atoms with van der Waals surface area (Å²) in [4.78, 5) is 51.4. The van der Waals surface area contributed by atoms with Crippen molar-refractivity contribution in [2.45, 2.75) is 6.18 Å². The Morgan fingerprint density at radius 2 is 0.843 bits per heavy atom. The predicted octanol–water partition coefficient (Wildman–Crippen LogP) is 13.4. The van der Waals surface area contributed by atoms with Crippen LogP contribution in [0.5, 0.6) is 51.7 Å². The molecule has 10 rings (SSSR count). The monoisotopic (exact) mass is 1520 g/mol. The van der Waals surface area contributed by atoms with Crippen LogP contribution in [0.1, 0.15) is 15.9 Å². The molecule has 0 atom stereocenters. The maximum atomic E-state index is 13.5. The van der Waals surface area contributed by atoms with E-state index in [1.165, 1.54) is 77.5 Å². The number of methoxy groups -OCH3 is 3. The number of rotatable bonds is 8. The normalized spacial score (nSPS) is 10.7. The van der Waals surface area contributed by atoms with Gasteiger partial charge < -0.3 is 50.0 Å². The van der Waals surface area contributed by atoms with E-state index < -0.39 is 28.8 Å². The lowest BCUT2D eigenvalue weighted by atomic mass is 10.1. The predicted molar refractivity (Wildman–Crippen MR) is 332 cm³/mol. The highest BCUT2D eigenvalue weighted by Gasteiger charge is 2.30. The summed E-state index contributed by atoms with van der Waals surface area (Å²) in [6, 6.07) is 31.3. The van der Waals surface area contributed by atoms with E-state index in [9.17, 15) is 57.9 Å². The van der Waals surface area contributed by atoms with Crippen molar-refractivity contribution in [2.24, 2.45) is 0 Å². The Balaban J connectivity index is 0.000000200. The van der Waals surface area contributed by atoms with Crippen LogP contribution in [0.15, 0.2) is 180 Å². The minimum absolute atomic E-state index is 0. The largest absolute Gasteiger partial charge is 0.508 e. The van der Waals surface area contributed by atoms with Gasteiger partial charge in [-0.3, -0.25) is 28.1 Å². The number of esters is 1. The van der Waals surface area contributed by atoms with E-state index in [0.29, 0.717) is 63.9 Å². The molecule has 3 aromatic heterocycles. The number of halogens is 9. The Morgan fingerprint density at radius 1 is 0.482 bits per heavy atom. The number of carbonyl (C=O) groups is 1. The van der Waals surface area contributed by atoms with E-state index in [1.807, 2.05) is 0 Å². The van der Waals surface area contributed by atoms with Crippen molar-refractivity contribution in [1.29, 1.82) is 0 Å². The van der Waals surface area contributed by atoms with Gasteiger partial charge in [-0.15, -0.1) is 47.3 Å². The van der Waals surface area contributed by atoms with Gasteiger partial charge in [0.2, 0.25) is 0 Å². The first kappa shape index (κ1) is 64.9. The Morgan fingerprint density at radius 3 is 1.25 bits per heavy atom. The van der Waals surface area contributed by atoms with Gasteiger partial charge in [0.25, 0.3) is 16.7 Å². The molecule has 0 aliphatic carbocycles. The van der Waals surface area contributed by atoms with Crippen molar-refractivity contribution >= 4 is 137 Å². The van der Waals surface area contributed by atoms with Crippen LogP contribution in [0.2, 0.25) is 0 Å². The number of benzene rings is 7. The van der Waals surface area contributed by atoms with E-state index in [-0.39, 0.29) is 70.4 Å². The number of phenolic OH excluding ortho intramolecular Hbond substituents is 5. The fraction of sp³-hybridized carbons (Fsp3) is 0.0714. The standard InChI is InChI=1S/C25H17BrF3NO5.C16H12BrNO4.C15H10BrNO4.BBr3.H2O/c1-33-17-9-7-16(8-10-17)30-13-20(26)19-11-18(34-2)12-21(22(19)23(30)31)35-24(32)14-3-5-15(6-4-14)25(27,28)29;1-22-11-6-12-13(17)8-18(9-2-4-10(19)5-3-9)16(21)15(12)14(20)7-11;16-12-7-17(8-1-3-9(18)4-2-8)15(21)14-11(12)5-10(19)6-13(14)20;2-1(3)4;/h3-13H,1-2H3;2-8,19-20H,1H3;1-7,18-20H;;1H2. The Hall–Kier alpha value is -7.27. The van der Waals surface area contributed by atoms with Crippen molar-refractivity contribution in [3.8, 4) is 68.8 Å². The average molecular weight is 1530 g/mol. The molecule has 0 saturated heterocycles. The van der Waals surface area contributed by atoms with Gasteiger partial charge in [0, 0.05) is 83.4 Å². The highest BCUT2D eigenvalue weighted by molar-refractivity contribution is 9.69. The third-order valence-electron chi connectivity index (χ3n) is 11.8. The highest BCUT2D eigenvalue weighted by Crippen LogP contribution is 2.37. The van der Waals surface area contributed by atoms with Crippen LogP contribution >= 0.6 is 95.1 Å². The molecule has 0 unspecified atom stereocenters. The van der Waals surface area contributed by atoms with Gasteiger partial charge in [0.1, 0.15) is 51.7 Å². The molecule has 0 aliphatic heterocycles. The topological polar surface area (TPSA) is 253 Å². The van der Waals surface area contributed by atoms with E-state index in [2.05, 4.69) is 95.1 Å². The van der Waals surface area contributed by atoms with Gasteiger partial charge in [-0.1, -0.05) is 0 Å². The molecule has 0 aliphatic rings.